The van der Waals surface area contributed by atoms with Crippen molar-refractivity contribution in [3.8, 4) is 0 Å². The smallest absolute Gasteiger partial charge is 0.338 e. The number of benzene rings is 2. The summed E-state index contributed by atoms with van der Waals surface area (Å²) in [6.45, 7) is 6.16. The quantitative estimate of drug-likeness (QED) is 0.744. The van der Waals surface area contributed by atoms with E-state index in [0.29, 0.717) is 15.6 Å². The van der Waals surface area contributed by atoms with E-state index in [0.717, 1.165) is 11.1 Å². The molecule has 1 amide bonds. The lowest BCUT2D eigenvalue weighted by Gasteiger charge is -2.18. The zero-order valence-electron chi connectivity index (χ0n) is 14.9. The average Bonchev–Trinajstić information content (AvgIpc) is 2.58. The van der Waals surface area contributed by atoms with Crippen LogP contribution in [0.1, 0.15) is 42.3 Å². The molecular formula is C20H21Cl2NO3. The molecule has 0 radical (unpaired) electrons. The van der Waals surface area contributed by atoms with Crippen molar-refractivity contribution < 1.29 is 14.3 Å². The van der Waals surface area contributed by atoms with Gasteiger partial charge in [-0.2, -0.15) is 0 Å². The van der Waals surface area contributed by atoms with E-state index in [2.05, 4.69) is 26.1 Å². The summed E-state index contributed by atoms with van der Waals surface area (Å²) in [5.41, 5.74) is 2.26. The van der Waals surface area contributed by atoms with Crippen LogP contribution >= 0.6 is 23.2 Å². The predicted octanol–water partition coefficient (Wildman–Crippen LogP) is 4.76. The van der Waals surface area contributed by atoms with Gasteiger partial charge in [0.25, 0.3) is 5.91 Å². The first-order valence-corrected chi connectivity index (χ1v) is 8.91. The molecule has 0 fully saturated rings. The lowest BCUT2D eigenvalue weighted by Crippen LogP contribution is -2.28. The Bertz CT molecular complexity index is 796. The van der Waals surface area contributed by atoms with E-state index >= 15 is 0 Å². The molecule has 138 valence electrons. The molecule has 2 rings (SSSR count). The van der Waals surface area contributed by atoms with Gasteiger partial charge in [-0.15, -0.1) is 0 Å². The van der Waals surface area contributed by atoms with Crippen molar-refractivity contribution >= 4 is 35.1 Å². The van der Waals surface area contributed by atoms with Gasteiger partial charge in [0.05, 0.1) is 5.56 Å². The molecule has 0 aliphatic rings. The molecule has 0 aliphatic heterocycles. The molecule has 0 bridgehead atoms. The lowest BCUT2D eigenvalue weighted by molar-refractivity contribution is -0.124. The SMILES string of the molecule is CC(C)(C)c1ccc(C(=O)OCC(=O)NCc2ccc(Cl)cc2Cl)cc1. The van der Waals surface area contributed by atoms with E-state index in [1.165, 1.54) is 0 Å². The molecule has 0 atom stereocenters. The van der Waals surface area contributed by atoms with Gasteiger partial charge in [-0.05, 0) is 40.8 Å². The highest BCUT2D eigenvalue weighted by Gasteiger charge is 2.15. The molecule has 0 unspecified atom stereocenters. The third kappa shape index (κ3) is 5.75. The molecule has 2 aromatic carbocycles. The highest BCUT2D eigenvalue weighted by Crippen LogP contribution is 2.22. The molecule has 0 spiro atoms. The maximum absolute atomic E-state index is 12.0. The Balaban J connectivity index is 1.84. The fourth-order valence-electron chi connectivity index (χ4n) is 2.23. The number of hydrogen-bond donors (Lipinski definition) is 1. The summed E-state index contributed by atoms with van der Waals surface area (Å²) in [5.74, 6) is -0.944. The number of carbonyl (C=O) groups excluding carboxylic acids is 2. The van der Waals surface area contributed by atoms with E-state index in [1.54, 1.807) is 30.3 Å². The summed E-state index contributed by atoms with van der Waals surface area (Å²) in [6.07, 6.45) is 0. The van der Waals surface area contributed by atoms with Crippen LogP contribution in [0.4, 0.5) is 0 Å². The minimum atomic E-state index is -0.537. The minimum absolute atomic E-state index is 0.00522. The maximum Gasteiger partial charge on any atom is 0.338 e. The first-order valence-electron chi connectivity index (χ1n) is 8.15. The summed E-state index contributed by atoms with van der Waals surface area (Å²) < 4.78 is 5.05. The fraction of sp³-hybridized carbons (Fsp3) is 0.300. The van der Waals surface area contributed by atoms with E-state index in [-0.39, 0.29) is 18.6 Å². The van der Waals surface area contributed by atoms with Crippen molar-refractivity contribution in [3.05, 3.63) is 69.2 Å². The number of amides is 1. The first-order chi connectivity index (χ1) is 12.2. The molecule has 1 N–H and O–H groups in total. The van der Waals surface area contributed by atoms with Crippen LogP contribution in [0.3, 0.4) is 0 Å². The second-order valence-corrected chi connectivity index (χ2v) is 7.76. The Hall–Kier alpha value is -2.04. The van der Waals surface area contributed by atoms with Crippen LogP contribution < -0.4 is 5.32 Å². The van der Waals surface area contributed by atoms with Gasteiger partial charge in [0.1, 0.15) is 0 Å². The topological polar surface area (TPSA) is 55.4 Å². The highest BCUT2D eigenvalue weighted by atomic mass is 35.5. The number of rotatable bonds is 5. The third-order valence-corrected chi connectivity index (χ3v) is 4.40. The van der Waals surface area contributed by atoms with Gasteiger partial charge < -0.3 is 10.1 Å². The second-order valence-electron chi connectivity index (χ2n) is 6.92. The summed E-state index contributed by atoms with van der Waals surface area (Å²) in [6, 6.07) is 12.2. The van der Waals surface area contributed by atoms with E-state index in [1.807, 2.05) is 12.1 Å². The summed E-state index contributed by atoms with van der Waals surface area (Å²) in [4.78, 5) is 23.9. The molecule has 0 saturated carbocycles. The Morgan fingerprint density at radius 3 is 2.27 bits per heavy atom. The van der Waals surface area contributed by atoms with Gasteiger partial charge in [-0.25, -0.2) is 4.79 Å². The summed E-state index contributed by atoms with van der Waals surface area (Å²) >= 11 is 11.9. The summed E-state index contributed by atoms with van der Waals surface area (Å²) in [7, 11) is 0. The molecule has 0 aliphatic carbocycles. The molecule has 2 aromatic rings. The van der Waals surface area contributed by atoms with Crippen molar-refractivity contribution in [3.63, 3.8) is 0 Å². The van der Waals surface area contributed by atoms with Gasteiger partial charge in [0.15, 0.2) is 6.61 Å². The molecule has 0 saturated heterocycles. The normalized spacial score (nSPS) is 11.1. The summed E-state index contributed by atoms with van der Waals surface area (Å²) in [5, 5.41) is 3.64. The maximum atomic E-state index is 12.0. The van der Waals surface area contributed by atoms with Crippen LogP contribution in [0.5, 0.6) is 0 Å². The zero-order chi connectivity index (χ0) is 19.3. The fourth-order valence-corrected chi connectivity index (χ4v) is 2.71. The Labute approximate surface area is 163 Å². The number of halogens is 2. The van der Waals surface area contributed by atoms with Crippen molar-refractivity contribution in [1.82, 2.24) is 5.32 Å². The van der Waals surface area contributed by atoms with Gasteiger partial charge in [-0.1, -0.05) is 62.2 Å². The van der Waals surface area contributed by atoms with Crippen LogP contribution in [-0.4, -0.2) is 18.5 Å². The Kier molecular flexibility index (Phi) is 6.68. The van der Waals surface area contributed by atoms with Crippen molar-refractivity contribution in [2.24, 2.45) is 0 Å². The van der Waals surface area contributed by atoms with Crippen molar-refractivity contribution in [2.75, 3.05) is 6.61 Å². The van der Waals surface area contributed by atoms with Crippen LogP contribution in [0.2, 0.25) is 10.0 Å². The first kappa shape index (κ1) is 20.3. The molecule has 6 heteroatoms. The van der Waals surface area contributed by atoms with Gasteiger partial charge in [-0.3, -0.25) is 4.79 Å². The average molecular weight is 394 g/mol. The number of carbonyl (C=O) groups is 2. The predicted molar refractivity (Wildman–Crippen MR) is 104 cm³/mol. The van der Waals surface area contributed by atoms with Crippen LogP contribution in [0, 0.1) is 0 Å². The molecule has 0 aromatic heterocycles. The van der Waals surface area contributed by atoms with E-state index < -0.39 is 11.9 Å². The van der Waals surface area contributed by atoms with E-state index in [4.69, 9.17) is 27.9 Å². The number of nitrogens with one attached hydrogen (secondary N) is 1. The van der Waals surface area contributed by atoms with Gasteiger partial charge >= 0.3 is 5.97 Å². The molecule has 4 nitrogen and oxygen atoms in total. The molecule has 0 heterocycles. The second kappa shape index (κ2) is 8.56. The standard InChI is InChI=1S/C20H21Cl2NO3/c1-20(2,3)15-7-4-13(5-8-15)19(25)26-12-18(24)23-11-14-6-9-16(21)10-17(14)22/h4-10H,11-12H2,1-3H3,(H,23,24). The number of esters is 1. The van der Waals surface area contributed by atoms with Crippen molar-refractivity contribution in [2.45, 2.75) is 32.7 Å². The van der Waals surface area contributed by atoms with Crippen LogP contribution in [0.25, 0.3) is 0 Å². The monoisotopic (exact) mass is 393 g/mol. The van der Waals surface area contributed by atoms with Crippen LogP contribution in [0.15, 0.2) is 42.5 Å². The largest absolute Gasteiger partial charge is 0.452 e. The van der Waals surface area contributed by atoms with Crippen molar-refractivity contribution in [1.29, 1.82) is 0 Å². The van der Waals surface area contributed by atoms with E-state index in [9.17, 15) is 9.59 Å². The third-order valence-electron chi connectivity index (χ3n) is 3.81. The van der Waals surface area contributed by atoms with Crippen LogP contribution in [-0.2, 0) is 21.5 Å². The minimum Gasteiger partial charge on any atom is -0.452 e. The highest BCUT2D eigenvalue weighted by molar-refractivity contribution is 6.35. The van der Waals surface area contributed by atoms with Gasteiger partial charge in [0, 0.05) is 16.6 Å². The zero-order valence-corrected chi connectivity index (χ0v) is 16.4. The lowest BCUT2D eigenvalue weighted by atomic mass is 9.87. The Morgan fingerprint density at radius 2 is 1.69 bits per heavy atom. The number of hydrogen-bond acceptors (Lipinski definition) is 3. The van der Waals surface area contributed by atoms with Gasteiger partial charge in [0.2, 0.25) is 0 Å². The Morgan fingerprint density at radius 1 is 1.04 bits per heavy atom. The molecular weight excluding hydrogens is 373 g/mol. The number of ether oxygens (including phenoxy) is 1. The molecule has 26 heavy (non-hydrogen) atoms.